The minimum Gasteiger partial charge on any atom is -0.406 e. The van der Waals surface area contributed by atoms with Crippen LogP contribution in [0.5, 0.6) is 5.75 Å². The van der Waals surface area contributed by atoms with Crippen LogP contribution in [0, 0.1) is 0 Å². The number of alkyl halides is 3. The molecular formula is C16H16F3NO. The van der Waals surface area contributed by atoms with Crippen molar-refractivity contribution >= 4 is 0 Å². The van der Waals surface area contributed by atoms with Gasteiger partial charge in [-0.25, -0.2) is 0 Å². The Labute approximate surface area is 121 Å². The molecule has 0 aromatic heterocycles. The first-order valence-corrected chi connectivity index (χ1v) is 6.57. The number of rotatable bonds is 5. The van der Waals surface area contributed by atoms with Crippen LogP contribution in [-0.2, 0) is 6.54 Å². The van der Waals surface area contributed by atoms with Crippen molar-refractivity contribution in [1.82, 2.24) is 5.32 Å². The van der Waals surface area contributed by atoms with E-state index in [2.05, 4.69) is 10.1 Å². The highest BCUT2D eigenvalue weighted by Gasteiger charge is 2.30. The Hall–Kier alpha value is -2.01. The maximum atomic E-state index is 12.0. The van der Waals surface area contributed by atoms with Gasteiger partial charge in [-0.3, -0.25) is 0 Å². The normalized spacial score (nSPS) is 13.0. The standard InChI is InChI=1S/C16H16F3NO/c1-12(14-5-3-2-4-6-14)20-11-13-7-9-15(10-8-13)21-16(17,18)19/h2-10,12,20H,11H2,1H3/t12-/m0/s1. The van der Waals surface area contributed by atoms with Crippen molar-refractivity contribution in [3.8, 4) is 5.75 Å². The van der Waals surface area contributed by atoms with Gasteiger partial charge in [0, 0.05) is 12.6 Å². The van der Waals surface area contributed by atoms with Crippen molar-refractivity contribution in [2.75, 3.05) is 0 Å². The monoisotopic (exact) mass is 295 g/mol. The van der Waals surface area contributed by atoms with Crippen molar-refractivity contribution in [3.05, 3.63) is 65.7 Å². The van der Waals surface area contributed by atoms with Gasteiger partial charge in [-0.1, -0.05) is 42.5 Å². The Morgan fingerprint density at radius 2 is 1.62 bits per heavy atom. The van der Waals surface area contributed by atoms with Crippen LogP contribution >= 0.6 is 0 Å². The van der Waals surface area contributed by atoms with Crippen LogP contribution in [0.3, 0.4) is 0 Å². The van der Waals surface area contributed by atoms with Crippen molar-refractivity contribution in [1.29, 1.82) is 0 Å². The van der Waals surface area contributed by atoms with Crippen molar-refractivity contribution in [2.45, 2.75) is 25.9 Å². The van der Waals surface area contributed by atoms with Gasteiger partial charge in [0.2, 0.25) is 0 Å². The maximum Gasteiger partial charge on any atom is 0.573 e. The average Bonchev–Trinajstić information content (AvgIpc) is 2.45. The second-order valence-corrected chi connectivity index (χ2v) is 4.71. The number of halogens is 3. The van der Waals surface area contributed by atoms with Crippen molar-refractivity contribution in [3.63, 3.8) is 0 Å². The minimum absolute atomic E-state index is 0.164. The third-order valence-corrected chi connectivity index (χ3v) is 3.07. The molecule has 0 saturated carbocycles. The lowest BCUT2D eigenvalue weighted by molar-refractivity contribution is -0.274. The Morgan fingerprint density at radius 1 is 1.00 bits per heavy atom. The van der Waals surface area contributed by atoms with Gasteiger partial charge >= 0.3 is 6.36 Å². The molecule has 0 aliphatic carbocycles. The summed E-state index contributed by atoms with van der Waals surface area (Å²) in [5.74, 6) is -0.206. The summed E-state index contributed by atoms with van der Waals surface area (Å²) >= 11 is 0. The van der Waals surface area contributed by atoms with Crippen LogP contribution in [0.15, 0.2) is 54.6 Å². The zero-order chi connectivity index (χ0) is 15.3. The van der Waals surface area contributed by atoms with Crippen LogP contribution in [0.4, 0.5) is 13.2 Å². The minimum atomic E-state index is -4.65. The molecule has 2 nitrogen and oxygen atoms in total. The first-order chi connectivity index (χ1) is 9.94. The summed E-state index contributed by atoms with van der Waals surface area (Å²) in [5, 5.41) is 3.32. The van der Waals surface area contributed by atoms with Crippen LogP contribution in [0.1, 0.15) is 24.1 Å². The Bertz CT molecular complexity index is 552. The third kappa shape index (κ3) is 5.11. The van der Waals surface area contributed by atoms with Crippen LogP contribution < -0.4 is 10.1 Å². The van der Waals surface area contributed by atoms with E-state index < -0.39 is 6.36 Å². The molecule has 0 bridgehead atoms. The fraction of sp³-hybridized carbons (Fsp3) is 0.250. The molecule has 0 heterocycles. The van der Waals surface area contributed by atoms with E-state index in [-0.39, 0.29) is 11.8 Å². The first kappa shape index (κ1) is 15.4. The fourth-order valence-corrected chi connectivity index (χ4v) is 1.94. The summed E-state index contributed by atoms with van der Waals surface area (Å²) in [4.78, 5) is 0. The fourth-order valence-electron chi connectivity index (χ4n) is 1.94. The largest absolute Gasteiger partial charge is 0.573 e. The molecule has 2 aromatic rings. The molecule has 0 fully saturated rings. The molecule has 0 unspecified atom stereocenters. The molecular weight excluding hydrogens is 279 g/mol. The smallest absolute Gasteiger partial charge is 0.406 e. The zero-order valence-corrected chi connectivity index (χ0v) is 11.5. The highest BCUT2D eigenvalue weighted by molar-refractivity contribution is 5.27. The van der Waals surface area contributed by atoms with Gasteiger partial charge in [0.1, 0.15) is 5.75 Å². The summed E-state index contributed by atoms with van der Waals surface area (Å²) in [6.45, 7) is 2.61. The molecule has 1 atom stereocenters. The van der Waals surface area contributed by atoms with E-state index in [0.29, 0.717) is 6.54 Å². The van der Waals surface area contributed by atoms with Gasteiger partial charge in [0.25, 0.3) is 0 Å². The third-order valence-electron chi connectivity index (χ3n) is 3.07. The van der Waals surface area contributed by atoms with Gasteiger partial charge in [-0.2, -0.15) is 0 Å². The molecule has 0 saturated heterocycles. The summed E-state index contributed by atoms with van der Waals surface area (Å²) in [6, 6.07) is 16.0. The maximum absolute atomic E-state index is 12.0. The molecule has 0 spiro atoms. The molecule has 5 heteroatoms. The van der Waals surface area contributed by atoms with Gasteiger partial charge in [0.15, 0.2) is 0 Å². The molecule has 1 N–H and O–H groups in total. The highest BCUT2D eigenvalue weighted by atomic mass is 19.4. The molecule has 0 aliphatic rings. The van der Waals surface area contributed by atoms with E-state index in [1.54, 1.807) is 12.1 Å². The predicted octanol–water partition coefficient (Wildman–Crippen LogP) is 4.44. The van der Waals surface area contributed by atoms with Crippen LogP contribution in [0.25, 0.3) is 0 Å². The molecule has 21 heavy (non-hydrogen) atoms. The SMILES string of the molecule is C[C@H](NCc1ccc(OC(F)(F)F)cc1)c1ccccc1. The summed E-state index contributed by atoms with van der Waals surface area (Å²) in [7, 11) is 0. The molecule has 112 valence electrons. The Balaban J connectivity index is 1.89. The van der Waals surface area contributed by atoms with Crippen LogP contribution in [0.2, 0.25) is 0 Å². The van der Waals surface area contributed by atoms with Gasteiger partial charge in [0.05, 0.1) is 0 Å². The second-order valence-electron chi connectivity index (χ2n) is 4.71. The van der Waals surface area contributed by atoms with E-state index in [1.807, 2.05) is 37.3 Å². The lowest BCUT2D eigenvalue weighted by atomic mass is 10.1. The van der Waals surface area contributed by atoms with E-state index in [0.717, 1.165) is 11.1 Å². The van der Waals surface area contributed by atoms with Crippen LogP contribution in [-0.4, -0.2) is 6.36 Å². The second kappa shape index (κ2) is 6.63. The van der Waals surface area contributed by atoms with Crippen molar-refractivity contribution < 1.29 is 17.9 Å². The molecule has 0 aliphatic heterocycles. The summed E-state index contributed by atoms with van der Waals surface area (Å²) in [6.07, 6.45) is -4.65. The topological polar surface area (TPSA) is 21.3 Å². The predicted molar refractivity (Wildman–Crippen MR) is 74.8 cm³/mol. The highest BCUT2D eigenvalue weighted by Crippen LogP contribution is 2.23. The van der Waals surface area contributed by atoms with Gasteiger partial charge < -0.3 is 10.1 Å². The lowest BCUT2D eigenvalue weighted by Crippen LogP contribution is -2.18. The summed E-state index contributed by atoms with van der Waals surface area (Å²) < 4.78 is 40.0. The lowest BCUT2D eigenvalue weighted by Gasteiger charge is -2.14. The first-order valence-electron chi connectivity index (χ1n) is 6.57. The van der Waals surface area contributed by atoms with E-state index in [9.17, 15) is 13.2 Å². The van der Waals surface area contributed by atoms with E-state index in [4.69, 9.17) is 0 Å². The van der Waals surface area contributed by atoms with Gasteiger partial charge in [-0.05, 0) is 30.2 Å². The molecule has 0 amide bonds. The van der Waals surface area contributed by atoms with Crippen molar-refractivity contribution in [2.24, 2.45) is 0 Å². The molecule has 2 rings (SSSR count). The van der Waals surface area contributed by atoms with E-state index >= 15 is 0 Å². The zero-order valence-electron chi connectivity index (χ0n) is 11.5. The van der Waals surface area contributed by atoms with E-state index in [1.165, 1.54) is 12.1 Å². The molecule has 2 aromatic carbocycles. The number of hydrogen-bond acceptors (Lipinski definition) is 2. The number of benzene rings is 2. The quantitative estimate of drug-likeness (QED) is 0.880. The van der Waals surface area contributed by atoms with Gasteiger partial charge in [-0.15, -0.1) is 13.2 Å². The summed E-state index contributed by atoms with van der Waals surface area (Å²) in [5.41, 5.74) is 2.06. The molecule has 0 radical (unpaired) electrons. The number of ether oxygens (including phenoxy) is 1. The Morgan fingerprint density at radius 3 is 2.19 bits per heavy atom. The Kier molecular flexibility index (Phi) is 4.85. The number of hydrogen-bond donors (Lipinski definition) is 1. The number of nitrogens with one attached hydrogen (secondary N) is 1. The average molecular weight is 295 g/mol.